The van der Waals surface area contributed by atoms with Gasteiger partial charge in [-0.1, -0.05) is 0 Å². The SMILES string of the molecule is CCN(CC)C(=O)CNCc1sccc1C. The van der Waals surface area contributed by atoms with Gasteiger partial charge in [0.2, 0.25) is 5.91 Å². The fraction of sp³-hybridized carbons (Fsp3) is 0.583. The number of hydrogen-bond donors (Lipinski definition) is 1. The van der Waals surface area contributed by atoms with Gasteiger partial charge in [0.1, 0.15) is 0 Å². The van der Waals surface area contributed by atoms with Gasteiger partial charge in [-0.2, -0.15) is 0 Å². The maximum atomic E-state index is 11.7. The van der Waals surface area contributed by atoms with E-state index in [2.05, 4.69) is 23.7 Å². The minimum Gasteiger partial charge on any atom is -0.342 e. The summed E-state index contributed by atoms with van der Waals surface area (Å²) in [5.74, 6) is 0.180. The monoisotopic (exact) mass is 240 g/mol. The number of nitrogens with zero attached hydrogens (tertiary/aromatic N) is 1. The van der Waals surface area contributed by atoms with Crippen molar-refractivity contribution in [2.24, 2.45) is 0 Å². The number of amides is 1. The highest BCUT2D eigenvalue weighted by Gasteiger charge is 2.08. The predicted molar refractivity (Wildman–Crippen MR) is 68.7 cm³/mol. The molecule has 1 amide bonds. The summed E-state index contributed by atoms with van der Waals surface area (Å²) >= 11 is 1.73. The van der Waals surface area contributed by atoms with Gasteiger partial charge in [0.15, 0.2) is 0 Å². The van der Waals surface area contributed by atoms with E-state index < -0.39 is 0 Å². The first kappa shape index (κ1) is 13.2. The van der Waals surface area contributed by atoms with Crippen molar-refractivity contribution in [3.8, 4) is 0 Å². The molecule has 1 rings (SSSR count). The lowest BCUT2D eigenvalue weighted by Gasteiger charge is -2.18. The van der Waals surface area contributed by atoms with Gasteiger partial charge in [-0.3, -0.25) is 4.79 Å². The van der Waals surface area contributed by atoms with E-state index in [9.17, 15) is 4.79 Å². The van der Waals surface area contributed by atoms with Crippen molar-refractivity contribution >= 4 is 17.2 Å². The number of carbonyl (C=O) groups is 1. The number of carbonyl (C=O) groups excluding carboxylic acids is 1. The van der Waals surface area contributed by atoms with Crippen LogP contribution in [0.5, 0.6) is 0 Å². The van der Waals surface area contributed by atoms with E-state index in [0.717, 1.165) is 19.6 Å². The zero-order valence-corrected chi connectivity index (χ0v) is 11.1. The molecule has 0 bridgehead atoms. The average molecular weight is 240 g/mol. The summed E-state index contributed by atoms with van der Waals surface area (Å²) in [7, 11) is 0. The second-order valence-corrected chi connectivity index (χ2v) is 4.70. The molecule has 1 N–H and O–H groups in total. The first-order valence-electron chi connectivity index (χ1n) is 5.70. The zero-order chi connectivity index (χ0) is 12.0. The van der Waals surface area contributed by atoms with E-state index >= 15 is 0 Å². The molecule has 0 aliphatic rings. The Morgan fingerprint density at radius 1 is 1.44 bits per heavy atom. The minimum absolute atomic E-state index is 0.180. The van der Waals surface area contributed by atoms with Crippen molar-refractivity contribution in [2.45, 2.75) is 27.3 Å². The Hall–Kier alpha value is -0.870. The predicted octanol–water partition coefficient (Wildman–Crippen LogP) is 2.01. The molecule has 0 saturated heterocycles. The van der Waals surface area contributed by atoms with Crippen LogP contribution in [0.3, 0.4) is 0 Å². The molecule has 90 valence electrons. The molecule has 0 aromatic carbocycles. The Labute approximate surface area is 101 Å². The summed E-state index contributed by atoms with van der Waals surface area (Å²) in [6.07, 6.45) is 0. The maximum absolute atomic E-state index is 11.7. The average Bonchev–Trinajstić information content (AvgIpc) is 2.66. The van der Waals surface area contributed by atoms with Crippen molar-refractivity contribution in [3.05, 3.63) is 21.9 Å². The molecular formula is C12H20N2OS. The van der Waals surface area contributed by atoms with E-state index in [1.54, 1.807) is 11.3 Å². The lowest BCUT2D eigenvalue weighted by molar-refractivity contribution is -0.129. The Balaban J connectivity index is 2.30. The van der Waals surface area contributed by atoms with Crippen molar-refractivity contribution in [1.82, 2.24) is 10.2 Å². The zero-order valence-electron chi connectivity index (χ0n) is 10.2. The second-order valence-electron chi connectivity index (χ2n) is 3.70. The van der Waals surface area contributed by atoms with Crippen molar-refractivity contribution < 1.29 is 4.79 Å². The molecular weight excluding hydrogens is 220 g/mol. The van der Waals surface area contributed by atoms with Gasteiger partial charge in [-0.25, -0.2) is 0 Å². The van der Waals surface area contributed by atoms with E-state index in [-0.39, 0.29) is 5.91 Å². The first-order valence-corrected chi connectivity index (χ1v) is 6.58. The van der Waals surface area contributed by atoms with E-state index in [0.29, 0.717) is 6.54 Å². The van der Waals surface area contributed by atoms with Gasteiger partial charge in [0.05, 0.1) is 6.54 Å². The number of hydrogen-bond acceptors (Lipinski definition) is 3. The van der Waals surface area contributed by atoms with Crippen molar-refractivity contribution in [3.63, 3.8) is 0 Å². The Morgan fingerprint density at radius 2 is 2.12 bits per heavy atom. The van der Waals surface area contributed by atoms with E-state index in [1.165, 1.54) is 10.4 Å². The maximum Gasteiger partial charge on any atom is 0.236 e. The van der Waals surface area contributed by atoms with Crippen LogP contribution in [0, 0.1) is 6.92 Å². The van der Waals surface area contributed by atoms with Gasteiger partial charge in [-0.15, -0.1) is 11.3 Å². The molecule has 1 aromatic rings. The highest BCUT2D eigenvalue weighted by Crippen LogP contribution is 2.14. The van der Waals surface area contributed by atoms with Crippen LogP contribution in [-0.4, -0.2) is 30.4 Å². The van der Waals surface area contributed by atoms with Gasteiger partial charge < -0.3 is 10.2 Å². The van der Waals surface area contributed by atoms with Gasteiger partial charge in [0, 0.05) is 24.5 Å². The summed E-state index contributed by atoms with van der Waals surface area (Å²) in [5.41, 5.74) is 1.30. The molecule has 16 heavy (non-hydrogen) atoms. The molecule has 0 saturated carbocycles. The fourth-order valence-electron chi connectivity index (χ4n) is 1.56. The topological polar surface area (TPSA) is 32.3 Å². The molecule has 0 fully saturated rings. The van der Waals surface area contributed by atoms with Crippen LogP contribution in [0.1, 0.15) is 24.3 Å². The van der Waals surface area contributed by atoms with Crippen LogP contribution in [0.2, 0.25) is 0 Å². The van der Waals surface area contributed by atoms with Crippen LogP contribution < -0.4 is 5.32 Å². The largest absolute Gasteiger partial charge is 0.342 e. The smallest absolute Gasteiger partial charge is 0.236 e. The number of rotatable bonds is 6. The van der Waals surface area contributed by atoms with E-state index in [4.69, 9.17) is 0 Å². The van der Waals surface area contributed by atoms with Gasteiger partial charge in [-0.05, 0) is 37.8 Å². The molecule has 0 spiro atoms. The summed E-state index contributed by atoms with van der Waals surface area (Å²) in [6.45, 7) is 8.90. The summed E-state index contributed by atoms with van der Waals surface area (Å²) in [6, 6.07) is 2.11. The lowest BCUT2D eigenvalue weighted by atomic mass is 10.3. The summed E-state index contributed by atoms with van der Waals surface area (Å²) in [4.78, 5) is 14.8. The molecule has 0 aliphatic carbocycles. The van der Waals surface area contributed by atoms with Crippen molar-refractivity contribution in [1.29, 1.82) is 0 Å². The van der Waals surface area contributed by atoms with Crippen LogP contribution >= 0.6 is 11.3 Å². The molecule has 0 radical (unpaired) electrons. The third-order valence-corrected chi connectivity index (χ3v) is 3.67. The third-order valence-electron chi connectivity index (χ3n) is 2.65. The molecule has 0 unspecified atom stereocenters. The summed E-state index contributed by atoms with van der Waals surface area (Å²) in [5, 5.41) is 5.28. The molecule has 1 heterocycles. The Bertz CT molecular complexity index is 332. The Morgan fingerprint density at radius 3 is 2.62 bits per heavy atom. The van der Waals surface area contributed by atoms with Crippen LogP contribution in [0.25, 0.3) is 0 Å². The molecule has 1 aromatic heterocycles. The van der Waals surface area contributed by atoms with Crippen LogP contribution in [-0.2, 0) is 11.3 Å². The molecule has 0 atom stereocenters. The third kappa shape index (κ3) is 3.61. The number of likely N-dealkylation sites (N-methyl/N-ethyl adjacent to an activating group) is 1. The highest BCUT2D eigenvalue weighted by atomic mass is 32.1. The quantitative estimate of drug-likeness (QED) is 0.825. The molecule has 0 aliphatic heterocycles. The van der Waals surface area contributed by atoms with E-state index in [1.807, 2.05) is 18.7 Å². The lowest BCUT2D eigenvalue weighted by Crippen LogP contribution is -2.37. The second kappa shape index (κ2) is 6.66. The van der Waals surface area contributed by atoms with Crippen molar-refractivity contribution in [2.75, 3.05) is 19.6 Å². The van der Waals surface area contributed by atoms with Gasteiger partial charge >= 0.3 is 0 Å². The Kier molecular flexibility index (Phi) is 5.49. The van der Waals surface area contributed by atoms with Crippen LogP contribution in [0.4, 0.5) is 0 Å². The normalized spacial score (nSPS) is 10.4. The first-order chi connectivity index (χ1) is 7.69. The fourth-order valence-corrected chi connectivity index (χ4v) is 2.43. The minimum atomic E-state index is 0.180. The summed E-state index contributed by atoms with van der Waals surface area (Å²) < 4.78 is 0. The number of nitrogens with one attached hydrogen (secondary N) is 1. The molecule has 3 nitrogen and oxygen atoms in total. The highest BCUT2D eigenvalue weighted by molar-refractivity contribution is 7.10. The molecule has 4 heteroatoms. The standard InChI is InChI=1S/C12H20N2OS/c1-4-14(5-2)12(15)9-13-8-11-10(3)6-7-16-11/h6-7,13H,4-5,8-9H2,1-3H3. The number of aryl methyl sites for hydroxylation is 1. The van der Waals surface area contributed by atoms with Gasteiger partial charge in [0.25, 0.3) is 0 Å². The van der Waals surface area contributed by atoms with Crippen LogP contribution in [0.15, 0.2) is 11.4 Å². The number of thiophene rings is 1.